The van der Waals surface area contributed by atoms with E-state index < -0.39 is 0 Å². The van der Waals surface area contributed by atoms with E-state index in [0.29, 0.717) is 0 Å². The van der Waals surface area contributed by atoms with Gasteiger partial charge in [0.05, 0.1) is 11.5 Å². The van der Waals surface area contributed by atoms with Crippen molar-refractivity contribution in [2.24, 2.45) is 5.41 Å². The summed E-state index contributed by atoms with van der Waals surface area (Å²) in [6.07, 6.45) is 0.837. The molecule has 0 spiro atoms. The molecule has 3 heteroatoms. The Kier molecular flexibility index (Phi) is 4.37. The first-order chi connectivity index (χ1) is 7.46. The molecule has 1 aromatic rings. The molecule has 0 unspecified atom stereocenters. The highest BCUT2D eigenvalue weighted by Gasteiger charge is 2.15. The van der Waals surface area contributed by atoms with E-state index >= 15 is 0 Å². The first-order valence-corrected chi connectivity index (χ1v) is 6.16. The molecule has 16 heavy (non-hydrogen) atoms. The SMILES string of the molecule is Cc1cccc(NCCC(C)(C)C#N)c1Br. The summed E-state index contributed by atoms with van der Waals surface area (Å²) in [6.45, 7) is 6.79. The summed E-state index contributed by atoms with van der Waals surface area (Å²) in [5.41, 5.74) is 2.04. The van der Waals surface area contributed by atoms with Crippen LogP contribution >= 0.6 is 15.9 Å². The molecule has 0 amide bonds. The third kappa shape index (κ3) is 3.53. The quantitative estimate of drug-likeness (QED) is 0.901. The Hall–Kier alpha value is -1.01. The van der Waals surface area contributed by atoms with Gasteiger partial charge in [0, 0.05) is 16.7 Å². The van der Waals surface area contributed by atoms with Crippen LogP contribution in [0.2, 0.25) is 0 Å². The van der Waals surface area contributed by atoms with Gasteiger partial charge in [0.1, 0.15) is 0 Å². The summed E-state index contributed by atoms with van der Waals surface area (Å²) in [5.74, 6) is 0. The van der Waals surface area contributed by atoms with Crippen molar-refractivity contribution in [3.8, 4) is 6.07 Å². The molecule has 1 aromatic carbocycles. The van der Waals surface area contributed by atoms with Gasteiger partial charge in [-0.3, -0.25) is 0 Å². The topological polar surface area (TPSA) is 35.8 Å². The molecular formula is C13H17BrN2. The number of aryl methyl sites for hydroxylation is 1. The highest BCUT2D eigenvalue weighted by atomic mass is 79.9. The number of benzene rings is 1. The fraction of sp³-hybridized carbons (Fsp3) is 0.462. The minimum absolute atomic E-state index is 0.261. The second-order valence-corrected chi connectivity index (χ2v) is 5.40. The van der Waals surface area contributed by atoms with Gasteiger partial charge in [0.2, 0.25) is 0 Å². The van der Waals surface area contributed by atoms with Crippen molar-refractivity contribution >= 4 is 21.6 Å². The maximum atomic E-state index is 8.90. The smallest absolute Gasteiger partial charge is 0.0684 e. The summed E-state index contributed by atoms with van der Waals surface area (Å²) in [6, 6.07) is 8.43. The fourth-order valence-electron chi connectivity index (χ4n) is 1.35. The van der Waals surface area contributed by atoms with E-state index in [9.17, 15) is 0 Å². The van der Waals surface area contributed by atoms with Gasteiger partial charge in [-0.25, -0.2) is 0 Å². The van der Waals surface area contributed by atoms with Crippen molar-refractivity contribution < 1.29 is 0 Å². The summed E-state index contributed by atoms with van der Waals surface area (Å²) in [7, 11) is 0. The fourth-order valence-corrected chi connectivity index (χ4v) is 1.75. The standard InChI is InChI=1S/C13H17BrN2/c1-10-5-4-6-11(12(10)14)16-8-7-13(2,3)9-15/h4-6,16H,7-8H2,1-3H3. The molecule has 0 saturated heterocycles. The van der Waals surface area contributed by atoms with Crippen LogP contribution in [0, 0.1) is 23.7 Å². The van der Waals surface area contributed by atoms with E-state index in [0.717, 1.165) is 23.1 Å². The summed E-state index contributed by atoms with van der Waals surface area (Å²) in [4.78, 5) is 0. The normalized spacial score (nSPS) is 10.9. The summed E-state index contributed by atoms with van der Waals surface area (Å²) in [5, 5.41) is 12.2. The van der Waals surface area contributed by atoms with E-state index in [1.165, 1.54) is 5.56 Å². The Morgan fingerprint density at radius 1 is 1.44 bits per heavy atom. The first-order valence-electron chi connectivity index (χ1n) is 5.36. The predicted molar refractivity (Wildman–Crippen MR) is 71.4 cm³/mol. The van der Waals surface area contributed by atoms with Crippen molar-refractivity contribution in [1.82, 2.24) is 0 Å². The second kappa shape index (κ2) is 5.36. The number of hydrogen-bond acceptors (Lipinski definition) is 2. The lowest BCUT2D eigenvalue weighted by Crippen LogP contribution is -2.14. The van der Waals surface area contributed by atoms with Crippen LogP contribution in [-0.2, 0) is 0 Å². The average molecular weight is 281 g/mol. The van der Waals surface area contributed by atoms with E-state index in [4.69, 9.17) is 5.26 Å². The third-order valence-electron chi connectivity index (χ3n) is 2.56. The monoisotopic (exact) mass is 280 g/mol. The molecule has 0 radical (unpaired) electrons. The van der Waals surface area contributed by atoms with Crippen LogP contribution in [0.3, 0.4) is 0 Å². The van der Waals surface area contributed by atoms with E-state index in [2.05, 4.69) is 40.3 Å². The number of hydrogen-bond donors (Lipinski definition) is 1. The maximum absolute atomic E-state index is 8.90. The zero-order valence-electron chi connectivity index (χ0n) is 9.97. The molecule has 1 rings (SSSR count). The van der Waals surface area contributed by atoms with Gasteiger partial charge in [-0.2, -0.15) is 5.26 Å². The zero-order valence-corrected chi connectivity index (χ0v) is 11.6. The van der Waals surface area contributed by atoms with Crippen molar-refractivity contribution in [3.05, 3.63) is 28.2 Å². The molecule has 2 nitrogen and oxygen atoms in total. The van der Waals surface area contributed by atoms with Gasteiger partial charge < -0.3 is 5.32 Å². The van der Waals surface area contributed by atoms with Crippen LogP contribution in [-0.4, -0.2) is 6.54 Å². The Labute approximate surface area is 106 Å². The number of anilines is 1. The van der Waals surface area contributed by atoms with Crippen molar-refractivity contribution in [3.63, 3.8) is 0 Å². The average Bonchev–Trinajstić information content (AvgIpc) is 2.24. The Morgan fingerprint density at radius 2 is 2.12 bits per heavy atom. The molecule has 0 atom stereocenters. The largest absolute Gasteiger partial charge is 0.384 e. The molecular weight excluding hydrogens is 264 g/mol. The van der Waals surface area contributed by atoms with Crippen molar-refractivity contribution in [2.45, 2.75) is 27.2 Å². The van der Waals surface area contributed by atoms with Gasteiger partial charge in [-0.15, -0.1) is 0 Å². The molecule has 0 aromatic heterocycles. The number of halogens is 1. The molecule has 86 valence electrons. The van der Waals surface area contributed by atoms with Gasteiger partial charge >= 0.3 is 0 Å². The van der Waals surface area contributed by atoms with Crippen LogP contribution in [0.25, 0.3) is 0 Å². The predicted octanol–water partition coefficient (Wildman–Crippen LogP) is 4.11. The molecule has 0 heterocycles. The van der Waals surface area contributed by atoms with Crippen LogP contribution in [0.4, 0.5) is 5.69 Å². The lowest BCUT2D eigenvalue weighted by molar-refractivity contribution is 0.466. The number of rotatable bonds is 4. The number of nitrogens with zero attached hydrogens (tertiary/aromatic N) is 1. The maximum Gasteiger partial charge on any atom is 0.0684 e. The molecule has 0 saturated carbocycles. The highest BCUT2D eigenvalue weighted by Crippen LogP contribution is 2.26. The van der Waals surface area contributed by atoms with Crippen molar-refractivity contribution in [2.75, 3.05) is 11.9 Å². The second-order valence-electron chi connectivity index (χ2n) is 4.61. The molecule has 1 N–H and O–H groups in total. The van der Waals surface area contributed by atoms with Crippen molar-refractivity contribution in [1.29, 1.82) is 5.26 Å². The Bertz CT molecular complexity index is 405. The van der Waals surface area contributed by atoms with Gasteiger partial charge in [0.15, 0.2) is 0 Å². The molecule has 0 aliphatic rings. The van der Waals surface area contributed by atoms with Gasteiger partial charge in [-0.05, 0) is 54.8 Å². The zero-order chi connectivity index (χ0) is 12.2. The Morgan fingerprint density at radius 3 is 2.75 bits per heavy atom. The molecule has 0 aliphatic carbocycles. The molecule has 0 bridgehead atoms. The highest BCUT2D eigenvalue weighted by molar-refractivity contribution is 9.10. The third-order valence-corrected chi connectivity index (χ3v) is 3.61. The molecule has 0 aliphatic heterocycles. The number of nitriles is 1. The van der Waals surface area contributed by atoms with Gasteiger partial charge in [0.25, 0.3) is 0 Å². The number of nitrogens with one attached hydrogen (secondary N) is 1. The van der Waals surface area contributed by atoms with E-state index in [1.807, 2.05) is 26.0 Å². The van der Waals surface area contributed by atoms with Crippen LogP contribution < -0.4 is 5.32 Å². The van der Waals surface area contributed by atoms with Gasteiger partial charge in [-0.1, -0.05) is 12.1 Å². The lowest BCUT2D eigenvalue weighted by atomic mass is 9.91. The molecule has 0 fully saturated rings. The lowest BCUT2D eigenvalue weighted by Gasteiger charge is -2.16. The van der Waals surface area contributed by atoms with E-state index in [1.54, 1.807) is 0 Å². The minimum Gasteiger partial charge on any atom is -0.384 e. The van der Waals surface area contributed by atoms with Crippen LogP contribution in [0.1, 0.15) is 25.8 Å². The summed E-state index contributed by atoms with van der Waals surface area (Å²) < 4.78 is 1.10. The Balaban J connectivity index is 2.57. The first kappa shape index (κ1) is 13.1. The summed E-state index contributed by atoms with van der Waals surface area (Å²) >= 11 is 3.55. The van der Waals surface area contributed by atoms with E-state index in [-0.39, 0.29) is 5.41 Å². The minimum atomic E-state index is -0.261. The van der Waals surface area contributed by atoms with Crippen LogP contribution in [0.15, 0.2) is 22.7 Å². The van der Waals surface area contributed by atoms with Crippen LogP contribution in [0.5, 0.6) is 0 Å².